The van der Waals surface area contributed by atoms with Gasteiger partial charge in [0.1, 0.15) is 0 Å². The highest BCUT2D eigenvalue weighted by Crippen LogP contribution is 2.21. The van der Waals surface area contributed by atoms with Gasteiger partial charge in [-0.25, -0.2) is 13.6 Å². The molecule has 0 saturated carbocycles. The van der Waals surface area contributed by atoms with Gasteiger partial charge in [0, 0.05) is 6.61 Å². The number of allylic oxidation sites excluding steroid dienone is 1. The van der Waals surface area contributed by atoms with Crippen LogP contribution in [-0.4, -0.2) is 36.6 Å². The number of hydrogen-bond donors (Lipinski definition) is 3. The Labute approximate surface area is 97.0 Å². The summed E-state index contributed by atoms with van der Waals surface area (Å²) in [5.41, 5.74) is 0. The number of sulfonamides is 1. The summed E-state index contributed by atoms with van der Waals surface area (Å²) < 4.78 is 22.4. The predicted octanol–water partition coefficient (Wildman–Crippen LogP) is -0.0109. The molecule has 6 heteroatoms. The minimum Gasteiger partial charge on any atom is -0.396 e. The van der Waals surface area contributed by atoms with Crippen LogP contribution in [0.3, 0.4) is 0 Å². The lowest BCUT2D eigenvalue weighted by atomic mass is 9.94. The highest BCUT2D eigenvalue weighted by atomic mass is 32.2. The average molecular weight is 251 g/mol. The third-order valence-electron chi connectivity index (χ3n) is 2.69. The highest BCUT2D eigenvalue weighted by Gasteiger charge is 2.27. The van der Waals surface area contributed by atoms with Crippen LogP contribution in [0.4, 0.5) is 0 Å². The Morgan fingerprint density at radius 3 is 2.44 bits per heavy atom. The fourth-order valence-corrected chi connectivity index (χ4v) is 2.34. The normalized spacial score (nSPS) is 17.8. The van der Waals surface area contributed by atoms with Crippen LogP contribution < -0.4 is 5.14 Å². The second-order valence-corrected chi connectivity index (χ2v) is 5.90. The van der Waals surface area contributed by atoms with Crippen molar-refractivity contribution >= 4 is 10.0 Å². The van der Waals surface area contributed by atoms with Crippen LogP contribution in [0.5, 0.6) is 0 Å². The summed E-state index contributed by atoms with van der Waals surface area (Å²) in [6.45, 7) is 4.96. The lowest BCUT2D eigenvalue weighted by Gasteiger charge is -2.23. The van der Waals surface area contributed by atoms with Crippen LogP contribution in [0, 0.1) is 5.92 Å². The van der Waals surface area contributed by atoms with Crippen molar-refractivity contribution in [3.8, 4) is 0 Å². The van der Waals surface area contributed by atoms with E-state index in [9.17, 15) is 13.5 Å². The molecule has 0 fully saturated rings. The summed E-state index contributed by atoms with van der Waals surface area (Å²) >= 11 is 0. The van der Waals surface area contributed by atoms with Crippen LogP contribution in [-0.2, 0) is 10.0 Å². The smallest absolute Gasteiger partial charge is 0.211 e. The number of aliphatic hydroxyl groups excluding tert-OH is 2. The molecule has 0 aromatic heterocycles. The van der Waals surface area contributed by atoms with Gasteiger partial charge in [0.15, 0.2) is 0 Å². The monoisotopic (exact) mass is 251 g/mol. The minimum atomic E-state index is -3.61. The van der Waals surface area contributed by atoms with Crippen molar-refractivity contribution in [3.05, 3.63) is 12.7 Å². The molecule has 0 rings (SSSR count). The molecule has 3 unspecified atom stereocenters. The van der Waals surface area contributed by atoms with E-state index in [1.165, 1.54) is 6.92 Å². The molecule has 0 aliphatic rings. The molecule has 0 aromatic carbocycles. The van der Waals surface area contributed by atoms with Gasteiger partial charge in [0.25, 0.3) is 0 Å². The molecule has 5 nitrogen and oxygen atoms in total. The first kappa shape index (κ1) is 15.6. The van der Waals surface area contributed by atoms with Crippen molar-refractivity contribution in [2.75, 3.05) is 6.61 Å². The van der Waals surface area contributed by atoms with Gasteiger partial charge in [-0.1, -0.05) is 6.08 Å². The fourth-order valence-electron chi connectivity index (χ4n) is 1.58. The largest absolute Gasteiger partial charge is 0.396 e. The van der Waals surface area contributed by atoms with Gasteiger partial charge < -0.3 is 10.2 Å². The first-order chi connectivity index (χ1) is 7.32. The Bertz CT molecular complexity index is 302. The molecule has 0 aliphatic heterocycles. The van der Waals surface area contributed by atoms with E-state index in [2.05, 4.69) is 6.58 Å². The summed E-state index contributed by atoms with van der Waals surface area (Å²) in [5, 5.41) is 22.5. The predicted molar refractivity (Wildman–Crippen MR) is 63.2 cm³/mol. The molecule has 4 N–H and O–H groups in total. The molecule has 0 aromatic rings. The molecular formula is C10H21NO4S. The lowest BCUT2D eigenvalue weighted by Crippen LogP contribution is -2.34. The quantitative estimate of drug-likeness (QED) is 0.528. The van der Waals surface area contributed by atoms with E-state index in [-0.39, 0.29) is 18.9 Å². The maximum atomic E-state index is 11.2. The molecule has 0 aliphatic carbocycles. The molecule has 0 heterocycles. The molecule has 96 valence electrons. The van der Waals surface area contributed by atoms with E-state index in [1.807, 2.05) is 0 Å². The minimum absolute atomic E-state index is 0.119. The maximum absolute atomic E-state index is 11.2. The van der Waals surface area contributed by atoms with Crippen molar-refractivity contribution in [1.29, 1.82) is 0 Å². The molecule has 0 bridgehead atoms. The van der Waals surface area contributed by atoms with Crippen LogP contribution >= 0.6 is 0 Å². The Kier molecular flexibility index (Phi) is 6.82. The van der Waals surface area contributed by atoms with Gasteiger partial charge in [-0.3, -0.25) is 0 Å². The molecule has 0 amide bonds. The van der Waals surface area contributed by atoms with Gasteiger partial charge in [0.05, 0.1) is 11.4 Å². The zero-order chi connectivity index (χ0) is 12.8. The van der Waals surface area contributed by atoms with E-state index in [4.69, 9.17) is 10.2 Å². The first-order valence-corrected chi connectivity index (χ1v) is 6.85. The number of aliphatic hydroxyl groups is 2. The van der Waals surface area contributed by atoms with Crippen LogP contribution in [0.25, 0.3) is 0 Å². The lowest BCUT2D eigenvalue weighted by molar-refractivity contribution is 0.108. The molecule has 0 radical (unpaired) electrons. The Morgan fingerprint density at radius 1 is 1.50 bits per heavy atom. The van der Waals surface area contributed by atoms with Gasteiger partial charge >= 0.3 is 0 Å². The maximum Gasteiger partial charge on any atom is 0.211 e. The van der Waals surface area contributed by atoms with Gasteiger partial charge in [-0.05, 0) is 32.1 Å². The number of nitrogens with two attached hydrogens (primary N) is 1. The van der Waals surface area contributed by atoms with E-state index < -0.39 is 21.4 Å². The third-order valence-corrected chi connectivity index (χ3v) is 4.11. The summed E-state index contributed by atoms with van der Waals surface area (Å²) in [7, 11) is -3.61. The topological polar surface area (TPSA) is 101 Å². The van der Waals surface area contributed by atoms with Crippen LogP contribution in [0.2, 0.25) is 0 Å². The van der Waals surface area contributed by atoms with Crippen molar-refractivity contribution < 1.29 is 18.6 Å². The summed E-state index contributed by atoms with van der Waals surface area (Å²) in [6, 6.07) is 0. The second kappa shape index (κ2) is 7.01. The van der Waals surface area contributed by atoms with E-state index in [1.54, 1.807) is 6.08 Å². The van der Waals surface area contributed by atoms with Crippen LogP contribution in [0.15, 0.2) is 12.7 Å². The molecule has 0 saturated heterocycles. The van der Waals surface area contributed by atoms with E-state index in [0.29, 0.717) is 12.8 Å². The molecular weight excluding hydrogens is 230 g/mol. The standard InChI is InChI=1S/C10H21NO4S/c1-3-4-9(7-10(13)5-6-12)8(2)16(11,14)15/h3,8-10,12-13H,1,4-7H2,2H3,(H2,11,14,15). The Balaban J connectivity index is 4.54. The molecule has 3 atom stereocenters. The zero-order valence-electron chi connectivity index (χ0n) is 9.54. The van der Waals surface area contributed by atoms with Crippen molar-refractivity contribution in [3.63, 3.8) is 0 Å². The summed E-state index contributed by atoms with van der Waals surface area (Å²) in [5.74, 6) is -0.269. The average Bonchev–Trinajstić information content (AvgIpc) is 2.15. The number of hydrogen-bond acceptors (Lipinski definition) is 4. The van der Waals surface area contributed by atoms with Gasteiger partial charge in [-0.2, -0.15) is 0 Å². The van der Waals surface area contributed by atoms with Crippen molar-refractivity contribution in [2.45, 2.75) is 37.5 Å². The van der Waals surface area contributed by atoms with E-state index in [0.717, 1.165) is 0 Å². The van der Waals surface area contributed by atoms with Crippen molar-refractivity contribution in [2.24, 2.45) is 11.1 Å². The SMILES string of the molecule is C=CCC(CC(O)CCO)C(C)S(N)(=O)=O. The number of primary sulfonamides is 1. The zero-order valence-corrected chi connectivity index (χ0v) is 10.4. The Hall–Kier alpha value is -0.430. The Morgan fingerprint density at radius 2 is 2.06 bits per heavy atom. The van der Waals surface area contributed by atoms with Crippen LogP contribution in [0.1, 0.15) is 26.2 Å². The van der Waals surface area contributed by atoms with Gasteiger partial charge in [-0.15, -0.1) is 6.58 Å². The first-order valence-electron chi connectivity index (χ1n) is 5.24. The molecule has 16 heavy (non-hydrogen) atoms. The summed E-state index contributed by atoms with van der Waals surface area (Å²) in [4.78, 5) is 0. The van der Waals surface area contributed by atoms with E-state index >= 15 is 0 Å². The number of rotatable bonds is 8. The third kappa shape index (κ3) is 5.60. The molecule has 0 spiro atoms. The summed E-state index contributed by atoms with van der Waals surface area (Å²) in [6.07, 6.45) is 1.91. The second-order valence-electron chi connectivity index (χ2n) is 3.98. The highest BCUT2D eigenvalue weighted by molar-refractivity contribution is 7.89. The van der Waals surface area contributed by atoms with Crippen molar-refractivity contribution in [1.82, 2.24) is 0 Å². The van der Waals surface area contributed by atoms with Gasteiger partial charge in [0.2, 0.25) is 10.0 Å². The fraction of sp³-hybridized carbons (Fsp3) is 0.800.